The monoisotopic (exact) mass is 1050 g/mol. The van der Waals surface area contributed by atoms with Gasteiger partial charge in [0.2, 0.25) is 5.79 Å². The number of amides is 1. The lowest BCUT2D eigenvalue weighted by molar-refractivity contribution is -0.384. The first-order chi connectivity index (χ1) is 37.1. The molecule has 410 valence electrons. The summed E-state index contributed by atoms with van der Waals surface area (Å²) < 4.78 is 41.9. The van der Waals surface area contributed by atoms with Crippen LogP contribution in [0.1, 0.15) is 150 Å². The average Bonchev–Trinajstić information content (AvgIpc) is 3.62. The SMILES string of the molecule is C=CCOC12Oc3ccc(OCc4cccc(C)n4)cc3C3C(CCCCO)C(CCCCO)C=C(C(=NOCc4ccc([N+](=O)[O-])cc4)CC1N(Cc1ccc(F)cc1)C(=O)OCCCCCCCCCCCC)C32. The molecular weight excluding hydrogens is 968 g/mol. The number of nitro groups is 1. The van der Waals surface area contributed by atoms with Gasteiger partial charge in [-0.2, -0.15) is 0 Å². The molecule has 4 aromatic rings. The maximum Gasteiger partial charge on any atom is 0.410 e. The van der Waals surface area contributed by atoms with Crippen LogP contribution < -0.4 is 9.47 Å². The van der Waals surface area contributed by atoms with Crippen LogP contribution in [0.2, 0.25) is 0 Å². The molecule has 2 heterocycles. The van der Waals surface area contributed by atoms with Gasteiger partial charge in [0.1, 0.15) is 36.6 Å². The molecule has 0 saturated heterocycles. The van der Waals surface area contributed by atoms with E-state index < -0.39 is 34.6 Å². The molecule has 0 spiro atoms. The smallest absolute Gasteiger partial charge is 0.410 e. The van der Waals surface area contributed by atoms with Crippen LogP contribution in [-0.2, 0) is 34.1 Å². The largest absolute Gasteiger partial charge is 0.487 e. The number of aromatic nitrogens is 1. The number of aliphatic hydroxyl groups excluding tert-OH is 2. The number of aliphatic hydroxyl groups is 2. The quantitative estimate of drug-likeness (QED) is 0.0206. The van der Waals surface area contributed by atoms with E-state index in [4.69, 9.17) is 28.9 Å². The summed E-state index contributed by atoms with van der Waals surface area (Å²) in [5.74, 6) is -1.82. The number of hydrogen-bond acceptors (Lipinski definition) is 12. The van der Waals surface area contributed by atoms with Gasteiger partial charge in [-0.1, -0.05) is 113 Å². The molecule has 1 saturated carbocycles. The normalized spacial score (nSPS) is 20.9. The number of fused-ring (bicyclic) bond motifs is 2. The van der Waals surface area contributed by atoms with Crippen LogP contribution in [0.4, 0.5) is 14.9 Å². The number of rotatable bonds is 32. The van der Waals surface area contributed by atoms with Crippen molar-refractivity contribution >= 4 is 17.5 Å². The van der Waals surface area contributed by atoms with Crippen LogP contribution in [0.15, 0.2) is 114 Å². The zero-order valence-corrected chi connectivity index (χ0v) is 44.6. The molecule has 1 aliphatic heterocycles. The third-order valence-corrected chi connectivity index (χ3v) is 15.1. The Balaban J connectivity index is 1.34. The summed E-state index contributed by atoms with van der Waals surface area (Å²) in [5, 5.41) is 36.6. The van der Waals surface area contributed by atoms with Crippen LogP contribution in [0.25, 0.3) is 0 Å². The molecule has 2 N–H and O–H groups in total. The summed E-state index contributed by atoms with van der Waals surface area (Å²) >= 11 is 0. The number of nitrogens with zero attached hydrogens (tertiary/aromatic N) is 4. The van der Waals surface area contributed by atoms with Crippen LogP contribution in [0, 0.1) is 40.6 Å². The number of nitro benzene ring substituents is 1. The highest BCUT2D eigenvalue weighted by molar-refractivity contribution is 6.03. The van der Waals surface area contributed by atoms with Crippen molar-refractivity contribution in [2.75, 3.05) is 26.4 Å². The van der Waals surface area contributed by atoms with Crippen molar-refractivity contribution in [1.82, 2.24) is 9.88 Å². The zero-order chi connectivity index (χ0) is 53.7. The second-order valence-electron chi connectivity index (χ2n) is 20.6. The lowest BCUT2D eigenvalue weighted by Crippen LogP contribution is -2.70. The van der Waals surface area contributed by atoms with Crippen molar-refractivity contribution in [2.45, 2.75) is 161 Å². The highest BCUT2D eigenvalue weighted by Crippen LogP contribution is 2.62. The lowest BCUT2D eigenvalue weighted by atomic mass is 9.55. The minimum Gasteiger partial charge on any atom is -0.487 e. The van der Waals surface area contributed by atoms with Gasteiger partial charge in [-0.3, -0.25) is 20.0 Å². The number of halogens is 1. The van der Waals surface area contributed by atoms with Gasteiger partial charge < -0.3 is 34.0 Å². The minimum atomic E-state index is -1.58. The summed E-state index contributed by atoms with van der Waals surface area (Å²) in [6.07, 6.45) is 18.9. The zero-order valence-electron chi connectivity index (χ0n) is 44.6. The highest BCUT2D eigenvalue weighted by atomic mass is 19.1. The Morgan fingerprint density at radius 2 is 1.59 bits per heavy atom. The first-order valence-corrected chi connectivity index (χ1v) is 27.8. The summed E-state index contributed by atoms with van der Waals surface area (Å²) in [6, 6.07) is 22.9. The Bertz CT molecular complexity index is 2540. The van der Waals surface area contributed by atoms with E-state index >= 15 is 4.79 Å². The molecule has 1 fully saturated rings. The van der Waals surface area contributed by atoms with E-state index in [0.29, 0.717) is 47.6 Å². The van der Waals surface area contributed by atoms with E-state index in [2.05, 4.69) is 24.6 Å². The fraction of sp³-hybridized carbons (Fsp3) is 0.525. The molecule has 76 heavy (non-hydrogen) atoms. The molecule has 15 heteroatoms. The second-order valence-corrected chi connectivity index (χ2v) is 20.6. The summed E-state index contributed by atoms with van der Waals surface area (Å²) in [4.78, 5) is 38.7. The number of non-ortho nitro benzene ring substituents is 1. The van der Waals surface area contributed by atoms with E-state index in [9.17, 15) is 24.7 Å². The van der Waals surface area contributed by atoms with Crippen molar-refractivity contribution in [3.63, 3.8) is 0 Å². The van der Waals surface area contributed by atoms with Gasteiger partial charge in [0.05, 0.1) is 35.5 Å². The van der Waals surface area contributed by atoms with E-state index in [1.165, 1.54) is 62.8 Å². The first-order valence-electron chi connectivity index (χ1n) is 27.8. The maximum atomic E-state index is 15.1. The second kappa shape index (κ2) is 29.4. The number of aryl methyl sites for hydroxylation is 1. The number of carbonyl (C=O) groups is 1. The first kappa shape index (κ1) is 57.5. The number of allylic oxidation sites excluding steroid dienone is 1. The molecule has 3 aromatic carbocycles. The van der Waals surface area contributed by atoms with Crippen LogP contribution in [0.3, 0.4) is 0 Å². The third-order valence-electron chi connectivity index (χ3n) is 15.1. The Morgan fingerprint density at radius 1 is 0.895 bits per heavy atom. The molecule has 14 nitrogen and oxygen atoms in total. The van der Waals surface area contributed by atoms with E-state index in [1.54, 1.807) is 35.2 Å². The Labute approximate surface area is 448 Å². The molecular formula is C61H79FN4O10. The van der Waals surface area contributed by atoms with Crippen molar-refractivity contribution in [2.24, 2.45) is 22.9 Å². The number of hydrogen-bond donors (Lipinski definition) is 2. The number of oxime groups is 1. The molecule has 1 amide bonds. The van der Waals surface area contributed by atoms with E-state index in [1.807, 2.05) is 43.3 Å². The topological polar surface area (TPSA) is 175 Å². The summed E-state index contributed by atoms with van der Waals surface area (Å²) in [5.41, 5.74) is 5.25. The molecule has 7 rings (SSSR count). The third kappa shape index (κ3) is 15.3. The predicted octanol–water partition coefficient (Wildman–Crippen LogP) is 13.4. The van der Waals surface area contributed by atoms with Gasteiger partial charge in [0.15, 0.2) is 0 Å². The van der Waals surface area contributed by atoms with Gasteiger partial charge in [-0.05, 0) is 122 Å². The van der Waals surface area contributed by atoms with Gasteiger partial charge >= 0.3 is 6.09 Å². The number of unbranched alkanes of at least 4 members (excludes halogenated alkanes) is 11. The fourth-order valence-corrected chi connectivity index (χ4v) is 11.4. The van der Waals surface area contributed by atoms with Crippen molar-refractivity contribution in [1.29, 1.82) is 0 Å². The molecule has 3 aliphatic rings. The number of carbonyl (C=O) groups excluding carboxylic acids is 1. The van der Waals surface area contributed by atoms with Gasteiger partial charge in [0.25, 0.3) is 5.69 Å². The molecule has 6 unspecified atom stereocenters. The van der Waals surface area contributed by atoms with Crippen LogP contribution in [0.5, 0.6) is 11.5 Å². The average molecular weight is 1050 g/mol. The molecule has 0 bridgehead atoms. The van der Waals surface area contributed by atoms with Crippen LogP contribution >= 0.6 is 0 Å². The number of ether oxygens (including phenoxy) is 4. The lowest BCUT2D eigenvalue weighted by Gasteiger charge is -2.59. The van der Waals surface area contributed by atoms with Gasteiger partial charge in [-0.25, -0.2) is 9.18 Å². The molecule has 1 aromatic heterocycles. The standard InChI is InChI=1S/C61H79FN4O10/c1-4-6-7-8-9-10-11-12-13-18-37-72-60(69)65(41-45-24-28-48(62)29-25-45)57-40-55(64-75-42-46-26-30-50(31-27-46)66(70)71)53-38-47(21-14-16-34-67)52(23-15-17-35-68)58-54-39-51(73-43-49-22-19-20-44(3)63-49)32-33-56(54)76-61(57,59(53)58)74-36-5-2/h5,19-20,22,24-33,38-39,47,52,57-59,67-68H,2,4,6-18,21,23,34-37,40-43H2,1,3H3. The fourth-order valence-electron chi connectivity index (χ4n) is 11.4. The molecule has 6 atom stereocenters. The minimum absolute atomic E-state index is 0.00533. The van der Waals surface area contributed by atoms with Gasteiger partial charge in [-0.15, -0.1) is 6.58 Å². The van der Waals surface area contributed by atoms with E-state index in [-0.39, 0.29) is 76.0 Å². The maximum absolute atomic E-state index is 15.1. The van der Waals surface area contributed by atoms with Crippen molar-refractivity contribution in [3.05, 3.63) is 153 Å². The van der Waals surface area contributed by atoms with Gasteiger partial charge in [0, 0.05) is 55.5 Å². The number of pyridine rings is 1. The van der Waals surface area contributed by atoms with E-state index in [0.717, 1.165) is 67.5 Å². The predicted molar refractivity (Wildman–Crippen MR) is 291 cm³/mol. The van der Waals surface area contributed by atoms with Crippen molar-refractivity contribution in [3.8, 4) is 11.5 Å². The Morgan fingerprint density at radius 3 is 2.28 bits per heavy atom. The Hall–Kier alpha value is -6.16. The summed E-state index contributed by atoms with van der Waals surface area (Å²) in [7, 11) is 0. The van der Waals surface area contributed by atoms with Crippen molar-refractivity contribution < 1.29 is 48.1 Å². The summed E-state index contributed by atoms with van der Waals surface area (Å²) in [6.45, 7) is 8.86. The molecule has 2 aliphatic carbocycles. The van der Waals surface area contributed by atoms with Crippen LogP contribution in [-0.4, -0.2) is 75.1 Å². The highest BCUT2D eigenvalue weighted by Gasteiger charge is 2.65. The Kier molecular flexibility index (Phi) is 22.2. The number of benzene rings is 3. The molecule has 0 radical (unpaired) electrons.